The summed E-state index contributed by atoms with van der Waals surface area (Å²) in [7, 11) is 0. The number of hydrogen-bond donors (Lipinski definition) is 0. The highest BCUT2D eigenvalue weighted by molar-refractivity contribution is 5.92. The van der Waals surface area contributed by atoms with E-state index in [4.69, 9.17) is 0 Å². The van der Waals surface area contributed by atoms with Crippen molar-refractivity contribution in [1.82, 2.24) is 0 Å². The third-order valence-corrected chi connectivity index (χ3v) is 11.4. The number of carbonyl (C=O) groups is 1. The van der Waals surface area contributed by atoms with E-state index in [1.807, 2.05) is 0 Å². The van der Waals surface area contributed by atoms with Gasteiger partial charge in [0.15, 0.2) is 0 Å². The summed E-state index contributed by atoms with van der Waals surface area (Å²) in [6, 6.07) is 0. The van der Waals surface area contributed by atoms with Gasteiger partial charge in [-0.05, 0) is 136 Å². The molecule has 0 heterocycles. The van der Waals surface area contributed by atoms with Crippen LogP contribution in [0.25, 0.3) is 0 Å². The second-order valence-electron chi connectivity index (χ2n) is 14.3. The van der Waals surface area contributed by atoms with Crippen LogP contribution in [0.2, 0.25) is 0 Å². The fourth-order valence-electron chi connectivity index (χ4n) is 11.3. The molecule has 30 heavy (non-hydrogen) atoms. The molecule has 8 rings (SSSR count). The van der Waals surface area contributed by atoms with Crippen molar-refractivity contribution >= 4 is 5.78 Å². The van der Waals surface area contributed by atoms with Crippen LogP contribution in [0.5, 0.6) is 0 Å². The minimum Gasteiger partial charge on any atom is -0.298 e. The Bertz CT molecular complexity index is 617. The zero-order valence-electron chi connectivity index (χ0n) is 20.2. The summed E-state index contributed by atoms with van der Waals surface area (Å²) in [5.41, 5.74) is 0.167. The molecule has 1 heteroatoms. The van der Waals surface area contributed by atoms with E-state index in [-0.39, 0.29) is 10.8 Å². The van der Waals surface area contributed by atoms with Gasteiger partial charge < -0.3 is 0 Å². The predicted octanol–water partition coefficient (Wildman–Crippen LogP) is 7.53. The van der Waals surface area contributed by atoms with Crippen molar-refractivity contribution in [2.24, 2.45) is 70.0 Å². The number of hydrogen-bond acceptors (Lipinski definition) is 1. The fourth-order valence-corrected chi connectivity index (χ4v) is 11.3. The van der Waals surface area contributed by atoms with Gasteiger partial charge in [-0.3, -0.25) is 4.79 Å². The van der Waals surface area contributed by atoms with Crippen molar-refractivity contribution in [3.8, 4) is 0 Å². The Kier molecular flexibility index (Phi) is 4.62. The maximum Gasteiger partial charge on any atom is 0.145 e. The zero-order chi connectivity index (χ0) is 20.8. The van der Waals surface area contributed by atoms with Crippen LogP contribution < -0.4 is 0 Å². The highest BCUT2D eigenvalue weighted by Gasteiger charge is 2.68. The van der Waals surface area contributed by atoms with Gasteiger partial charge in [0.25, 0.3) is 0 Å². The number of rotatable bonds is 6. The Morgan fingerprint density at radius 2 is 0.967 bits per heavy atom. The first kappa shape index (κ1) is 20.3. The van der Waals surface area contributed by atoms with Crippen molar-refractivity contribution < 1.29 is 4.79 Å². The van der Waals surface area contributed by atoms with Crippen LogP contribution in [0.3, 0.4) is 0 Å². The van der Waals surface area contributed by atoms with Gasteiger partial charge in [0.05, 0.1) is 0 Å². The normalized spacial score (nSPS) is 53.3. The average Bonchev–Trinajstić information content (AvgIpc) is 2.65. The Hall–Kier alpha value is -0.330. The Morgan fingerprint density at radius 3 is 1.27 bits per heavy atom. The molecule has 8 aliphatic carbocycles. The first-order chi connectivity index (χ1) is 14.3. The molecule has 0 saturated heterocycles. The number of ketones is 1. The number of carbonyl (C=O) groups excluding carboxylic acids is 1. The molecule has 0 amide bonds. The van der Waals surface area contributed by atoms with E-state index in [9.17, 15) is 0 Å². The van der Waals surface area contributed by atoms with Crippen LogP contribution in [-0.2, 0) is 4.79 Å². The van der Waals surface area contributed by atoms with E-state index in [2.05, 4.69) is 27.7 Å². The second-order valence-corrected chi connectivity index (χ2v) is 14.3. The molecule has 8 fully saturated rings. The van der Waals surface area contributed by atoms with Crippen LogP contribution in [0.1, 0.15) is 105 Å². The van der Waals surface area contributed by atoms with E-state index in [0.717, 1.165) is 53.1 Å². The molecule has 8 saturated carbocycles. The molecule has 8 bridgehead atoms. The summed E-state index contributed by atoms with van der Waals surface area (Å²) in [5.74, 6) is 9.04. The third-order valence-electron chi connectivity index (χ3n) is 11.4. The maximum absolute atomic E-state index is 15.1. The lowest BCUT2D eigenvalue weighted by Gasteiger charge is -2.67. The van der Waals surface area contributed by atoms with Gasteiger partial charge in [-0.1, -0.05) is 27.7 Å². The monoisotopic (exact) mass is 410 g/mol. The highest BCUT2D eigenvalue weighted by Crippen LogP contribution is 2.71. The first-order valence-corrected chi connectivity index (χ1v) is 13.8. The molecule has 0 N–H and O–H groups in total. The van der Waals surface area contributed by atoms with Crippen LogP contribution >= 0.6 is 0 Å². The van der Waals surface area contributed by atoms with E-state index in [1.165, 1.54) is 77.0 Å². The molecule has 0 aromatic heterocycles. The molecule has 6 unspecified atom stereocenters. The van der Waals surface area contributed by atoms with Gasteiger partial charge in [0, 0.05) is 10.8 Å². The molecule has 0 aliphatic heterocycles. The van der Waals surface area contributed by atoms with Crippen molar-refractivity contribution in [2.75, 3.05) is 0 Å². The summed E-state index contributed by atoms with van der Waals surface area (Å²) in [4.78, 5) is 15.1. The largest absolute Gasteiger partial charge is 0.298 e. The molecule has 6 atom stereocenters. The molecule has 1 nitrogen and oxygen atoms in total. The molecule has 0 aromatic rings. The van der Waals surface area contributed by atoms with E-state index < -0.39 is 0 Å². The number of Topliss-reactive ketones (excluding diaryl/α,β-unsaturated/α-hetero) is 1. The van der Waals surface area contributed by atoms with Crippen molar-refractivity contribution in [3.05, 3.63) is 0 Å². The second kappa shape index (κ2) is 6.84. The molecule has 8 aliphatic rings. The summed E-state index contributed by atoms with van der Waals surface area (Å²) in [6.45, 7) is 9.65. The minimum atomic E-state index is 0.0833. The lowest BCUT2D eigenvalue weighted by atomic mass is 9.36. The van der Waals surface area contributed by atoms with Crippen molar-refractivity contribution in [1.29, 1.82) is 0 Å². The van der Waals surface area contributed by atoms with Gasteiger partial charge in [-0.25, -0.2) is 0 Å². The summed E-state index contributed by atoms with van der Waals surface area (Å²) >= 11 is 0. The van der Waals surface area contributed by atoms with Crippen LogP contribution in [0.15, 0.2) is 0 Å². The van der Waals surface area contributed by atoms with Crippen LogP contribution in [-0.4, -0.2) is 5.78 Å². The zero-order valence-corrected chi connectivity index (χ0v) is 20.2. The Labute approximate surface area is 185 Å². The predicted molar refractivity (Wildman–Crippen MR) is 123 cm³/mol. The average molecular weight is 411 g/mol. The topological polar surface area (TPSA) is 17.1 Å². The van der Waals surface area contributed by atoms with E-state index >= 15 is 4.79 Å². The molecule has 168 valence electrons. The van der Waals surface area contributed by atoms with E-state index in [0.29, 0.717) is 11.8 Å². The molecular weight excluding hydrogens is 364 g/mol. The molecular formula is C29H46O. The Morgan fingerprint density at radius 1 is 0.633 bits per heavy atom. The fraction of sp³-hybridized carbons (Fsp3) is 0.966. The summed E-state index contributed by atoms with van der Waals surface area (Å²) in [6.07, 6.45) is 16.5. The maximum atomic E-state index is 15.1. The van der Waals surface area contributed by atoms with Crippen molar-refractivity contribution in [3.63, 3.8) is 0 Å². The lowest BCUT2D eigenvalue weighted by Crippen LogP contribution is -2.65. The standard InChI is InChI=1S/C29H46O/c1-17(2)5-25-23-9-19-7-20(10-23)14-28(25,13-19)27(30)29-15-21-8-22(16-29)12-24(11-21)26(29)6-18(3)4/h17-26H,5-16H2,1-4H3. The van der Waals surface area contributed by atoms with Gasteiger partial charge in [0.1, 0.15) is 5.78 Å². The lowest BCUT2D eigenvalue weighted by molar-refractivity contribution is -0.193. The summed E-state index contributed by atoms with van der Waals surface area (Å²) < 4.78 is 0. The SMILES string of the molecule is CC(C)CC1C2CC3CC(C2)CC1(C(=O)C12CC4CC(CC(C4)C1CC(C)C)C2)C3. The third kappa shape index (κ3) is 2.81. The molecule has 0 spiro atoms. The minimum absolute atomic E-state index is 0.0833. The first-order valence-electron chi connectivity index (χ1n) is 13.8. The van der Waals surface area contributed by atoms with Crippen LogP contribution in [0, 0.1) is 70.0 Å². The van der Waals surface area contributed by atoms with E-state index in [1.54, 1.807) is 0 Å². The molecule has 0 aromatic carbocycles. The smallest absolute Gasteiger partial charge is 0.145 e. The van der Waals surface area contributed by atoms with Gasteiger partial charge in [-0.2, -0.15) is 0 Å². The Balaban J connectivity index is 1.41. The quantitative estimate of drug-likeness (QED) is 0.442. The van der Waals surface area contributed by atoms with Gasteiger partial charge in [0.2, 0.25) is 0 Å². The molecule has 0 radical (unpaired) electrons. The van der Waals surface area contributed by atoms with Crippen LogP contribution in [0.4, 0.5) is 0 Å². The summed E-state index contributed by atoms with van der Waals surface area (Å²) in [5, 5.41) is 0. The van der Waals surface area contributed by atoms with Gasteiger partial charge in [-0.15, -0.1) is 0 Å². The van der Waals surface area contributed by atoms with Crippen molar-refractivity contribution in [2.45, 2.75) is 105 Å². The highest BCUT2D eigenvalue weighted by atomic mass is 16.1. The van der Waals surface area contributed by atoms with Gasteiger partial charge >= 0.3 is 0 Å².